The van der Waals surface area contributed by atoms with E-state index in [0.29, 0.717) is 5.92 Å². The molecule has 0 spiro atoms. The molecule has 2 rings (SSSR count). The average Bonchev–Trinajstić information content (AvgIpc) is 2.78. The van der Waals surface area contributed by atoms with Crippen LogP contribution in [0.5, 0.6) is 0 Å². The van der Waals surface area contributed by atoms with Crippen molar-refractivity contribution >= 4 is 11.3 Å². The molecule has 1 aliphatic carbocycles. The highest BCUT2D eigenvalue weighted by Gasteiger charge is 2.30. The Labute approximate surface area is 76.3 Å². The van der Waals surface area contributed by atoms with E-state index in [1.54, 1.807) is 11.3 Å². The molecule has 0 saturated heterocycles. The van der Waals surface area contributed by atoms with Crippen molar-refractivity contribution in [2.45, 2.75) is 32.3 Å². The van der Waals surface area contributed by atoms with Crippen LogP contribution >= 0.6 is 11.3 Å². The molecule has 0 bridgehead atoms. The summed E-state index contributed by atoms with van der Waals surface area (Å²) in [6, 6.07) is 0. The van der Waals surface area contributed by atoms with Gasteiger partial charge in [-0.25, -0.2) is 4.98 Å². The number of nitrogens with zero attached hydrogens (tertiary/aromatic N) is 1. The van der Waals surface area contributed by atoms with E-state index in [4.69, 9.17) is 0 Å². The minimum absolute atomic E-state index is 0.143. The zero-order valence-electron chi connectivity index (χ0n) is 7.16. The van der Waals surface area contributed by atoms with Crippen LogP contribution in [0.15, 0.2) is 5.38 Å². The highest BCUT2D eigenvalue weighted by molar-refractivity contribution is 7.09. The van der Waals surface area contributed by atoms with Gasteiger partial charge in [0.05, 0.1) is 11.1 Å². The molecule has 0 radical (unpaired) electrons. The summed E-state index contributed by atoms with van der Waals surface area (Å²) in [4.78, 5) is 4.32. The molecule has 0 amide bonds. The standard InChI is InChI=1S/C9H13NOS/c1-6-5-12-9(10-6)4-8(11)7-2-3-7/h5,7-8,11H,2-4H2,1H3. The zero-order chi connectivity index (χ0) is 8.55. The van der Waals surface area contributed by atoms with Gasteiger partial charge in [-0.1, -0.05) is 0 Å². The first-order chi connectivity index (χ1) is 5.75. The second-order valence-electron chi connectivity index (χ2n) is 3.49. The van der Waals surface area contributed by atoms with Gasteiger partial charge in [0.1, 0.15) is 0 Å². The van der Waals surface area contributed by atoms with Crippen LogP contribution in [-0.4, -0.2) is 16.2 Å². The van der Waals surface area contributed by atoms with E-state index in [1.807, 2.05) is 12.3 Å². The largest absolute Gasteiger partial charge is 0.392 e. The van der Waals surface area contributed by atoms with Crippen molar-refractivity contribution in [1.29, 1.82) is 0 Å². The predicted octanol–water partition coefficient (Wildman–Crippen LogP) is 1.76. The van der Waals surface area contributed by atoms with Crippen molar-refractivity contribution in [3.8, 4) is 0 Å². The summed E-state index contributed by atoms with van der Waals surface area (Å²) in [6.45, 7) is 1.99. The molecule has 1 aromatic rings. The molecule has 1 heterocycles. The Kier molecular flexibility index (Phi) is 2.15. The molecule has 2 nitrogen and oxygen atoms in total. The Hall–Kier alpha value is -0.410. The molecular formula is C9H13NOS. The van der Waals surface area contributed by atoms with Gasteiger partial charge >= 0.3 is 0 Å². The van der Waals surface area contributed by atoms with E-state index < -0.39 is 0 Å². The van der Waals surface area contributed by atoms with E-state index in [9.17, 15) is 5.11 Å². The van der Waals surface area contributed by atoms with Crippen LogP contribution in [0.25, 0.3) is 0 Å². The first kappa shape index (κ1) is 8.20. The van der Waals surface area contributed by atoms with Crippen LogP contribution in [0.4, 0.5) is 0 Å². The summed E-state index contributed by atoms with van der Waals surface area (Å²) in [5, 5.41) is 12.7. The fraction of sp³-hybridized carbons (Fsp3) is 0.667. The molecule has 3 heteroatoms. The molecule has 0 aromatic carbocycles. The lowest BCUT2D eigenvalue weighted by molar-refractivity contribution is 0.151. The molecule has 66 valence electrons. The number of rotatable bonds is 3. The average molecular weight is 183 g/mol. The van der Waals surface area contributed by atoms with Gasteiger partial charge in [0, 0.05) is 17.5 Å². The van der Waals surface area contributed by atoms with E-state index in [1.165, 1.54) is 12.8 Å². The number of aliphatic hydroxyl groups excluding tert-OH is 1. The molecule has 1 fully saturated rings. The summed E-state index contributed by atoms with van der Waals surface area (Å²) in [6.07, 6.45) is 3.01. The summed E-state index contributed by atoms with van der Waals surface area (Å²) in [5.74, 6) is 0.564. The lowest BCUT2D eigenvalue weighted by Gasteiger charge is -2.04. The smallest absolute Gasteiger partial charge is 0.0954 e. The third kappa shape index (κ3) is 1.84. The van der Waals surface area contributed by atoms with Gasteiger partial charge < -0.3 is 5.11 Å². The second-order valence-corrected chi connectivity index (χ2v) is 4.43. The highest BCUT2D eigenvalue weighted by Crippen LogP contribution is 2.34. The number of aromatic nitrogens is 1. The van der Waals surface area contributed by atoms with Crippen molar-refractivity contribution in [3.05, 3.63) is 16.1 Å². The van der Waals surface area contributed by atoms with E-state index in [-0.39, 0.29) is 6.10 Å². The van der Waals surface area contributed by atoms with Crippen LogP contribution in [0, 0.1) is 12.8 Å². The maximum atomic E-state index is 9.62. The van der Waals surface area contributed by atoms with Gasteiger partial charge in [-0.05, 0) is 25.7 Å². The quantitative estimate of drug-likeness (QED) is 0.774. The van der Waals surface area contributed by atoms with E-state index in [2.05, 4.69) is 4.98 Å². The normalized spacial score (nSPS) is 19.5. The Balaban J connectivity index is 1.93. The van der Waals surface area contributed by atoms with Crippen molar-refractivity contribution in [3.63, 3.8) is 0 Å². The zero-order valence-corrected chi connectivity index (χ0v) is 7.97. The van der Waals surface area contributed by atoms with Gasteiger partial charge in [0.2, 0.25) is 0 Å². The molecule has 0 aliphatic heterocycles. The molecule has 1 unspecified atom stereocenters. The number of aryl methyl sites for hydroxylation is 1. The number of thiazole rings is 1. The monoisotopic (exact) mass is 183 g/mol. The summed E-state index contributed by atoms with van der Waals surface area (Å²) in [7, 11) is 0. The molecule has 1 aromatic heterocycles. The summed E-state index contributed by atoms with van der Waals surface area (Å²) in [5.41, 5.74) is 1.07. The minimum atomic E-state index is -0.143. The maximum absolute atomic E-state index is 9.62. The Morgan fingerprint density at radius 2 is 2.50 bits per heavy atom. The van der Waals surface area contributed by atoms with Crippen LogP contribution in [-0.2, 0) is 6.42 Å². The number of aliphatic hydroxyl groups is 1. The minimum Gasteiger partial charge on any atom is -0.392 e. The van der Waals surface area contributed by atoms with Crippen LogP contribution in [0.3, 0.4) is 0 Å². The predicted molar refractivity (Wildman–Crippen MR) is 49.3 cm³/mol. The van der Waals surface area contributed by atoms with Crippen molar-refractivity contribution in [1.82, 2.24) is 4.98 Å². The first-order valence-electron chi connectivity index (χ1n) is 4.35. The first-order valence-corrected chi connectivity index (χ1v) is 5.23. The second kappa shape index (κ2) is 3.15. The summed E-state index contributed by atoms with van der Waals surface area (Å²) >= 11 is 1.65. The van der Waals surface area contributed by atoms with E-state index >= 15 is 0 Å². The van der Waals surface area contributed by atoms with Gasteiger partial charge in [0.25, 0.3) is 0 Å². The molecule has 1 saturated carbocycles. The number of hydrogen-bond donors (Lipinski definition) is 1. The third-order valence-corrected chi connectivity index (χ3v) is 3.21. The molecule has 12 heavy (non-hydrogen) atoms. The van der Waals surface area contributed by atoms with Crippen LogP contribution in [0.1, 0.15) is 23.5 Å². The van der Waals surface area contributed by atoms with Gasteiger partial charge in [0.15, 0.2) is 0 Å². The molecular weight excluding hydrogens is 170 g/mol. The van der Waals surface area contributed by atoms with Crippen molar-refractivity contribution < 1.29 is 5.11 Å². The third-order valence-electron chi connectivity index (χ3n) is 2.22. The summed E-state index contributed by atoms with van der Waals surface area (Å²) < 4.78 is 0. The van der Waals surface area contributed by atoms with Crippen molar-refractivity contribution in [2.24, 2.45) is 5.92 Å². The Morgan fingerprint density at radius 1 is 1.75 bits per heavy atom. The van der Waals surface area contributed by atoms with Crippen molar-refractivity contribution in [2.75, 3.05) is 0 Å². The van der Waals surface area contributed by atoms with E-state index in [0.717, 1.165) is 17.1 Å². The fourth-order valence-corrected chi connectivity index (χ4v) is 2.15. The molecule has 1 N–H and O–H groups in total. The number of hydrogen-bond acceptors (Lipinski definition) is 3. The van der Waals surface area contributed by atoms with Gasteiger partial charge in [-0.15, -0.1) is 11.3 Å². The topological polar surface area (TPSA) is 33.1 Å². The fourth-order valence-electron chi connectivity index (χ4n) is 1.32. The Bertz CT molecular complexity index is 267. The SMILES string of the molecule is Cc1csc(CC(O)C2CC2)n1. The maximum Gasteiger partial charge on any atom is 0.0954 e. The molecule has 1 aliphatic rings. The molecule has 1 atom stereocenters. The van der Waals surface area contributed by atoms with Crippen LogP contribution < -0.4 is 0 Å². The lowest BCUT2D eigenvalue weighted by Crippen LogP contribution is -2.12. The lowest BCUT2D eigenvalue weighted by atomic mass is 10.2. The van der Waals surface area contributed by atoms with Gasteiger partial charge in [-0.3, -0.25) is 0 Å². The Morgan fingerprint density at radius 3 is 3.00 bits per heavy atom. The van der Waals surface area contributed by atoms with Crippen LogP contribution in [0.2, 0.25) is 0 Å². The van der Waals surface area contributed by atoms with Gasteiger partial charge in [-0.2, -0.15) is 0 Å². The highest BCUT2D eigenvalue weighted by atomic mass is 32.1.